The van der Waals surface area contributed by atoms with Gasteiger partial charge in [0.1, 0.15) is 0 Å². The van der Waals surface area contributed by atoms with Crippen LogP contribution < -0.4 is 5.32 Å². The quantitative estimate of drug-likeness (QED) is 0.901. The second kappa shape index (κ2) is 8.61. The molecule has 0 saturated carbocycles. The summed E-state index contributed by atoms with van der Waals surface area (Å²) in [5.74, 6) is 0.126. The third-order valence-corrected chi connectivity index (χ3v) is 4.87. The summed E-state index contributed by atoms with van der Waals surface area (Å²) in [4.78, 5) is 30.5. The second-order valence-electron chi connectivity index (χ2n) is 6.85. The van der Waals surface area contributed by atoms with Crippen LogP contribution in [-0.4, -0.2) is 40.8 Å². The summed E-state index contributed by atoms with van der Waals surface area (Å²) in [7, 11) is 0. The molecule has 1 aliphatic heterocycles. The summed E-state index contributed by atoms with van der Waals surface area (Å²) in [5, 5.41) is 3.05. The molecule has 5 nitrogen and oxygen atoms in total. The number of aryl methyl sites for hydroxylation is 2. The highest BCUT2D eigenvalue weighted by Crippen LogP contribution is 2.14. The minimum absolute atomic E-state index is 0.0726. The lowest BCUT2D eigenvalue weighted by Crippen LogP contribution is -2.46. The molecule has 3 rings (SSSR count). The maximum absolute atomic E-state index is 12.4. The minimum atomic E-state index is -0.0726. The van der Waals surface area contributed by atoms with Crippen molar-refractivity contribution in [3.05, 3.63) is 65.5 Å². The Hall–Kier alpha value is -2.69. The molecule has 0 radical (unpaired) electrons. The second-order valence-corrected chi connectivity index (χ2v) is 6.85. The zero-order valence-corrected chi connectivity index (χ0v) is 15.1. The number of likely N-dealkylation sites (tertiary alicyclic amines) is 1. The van der Waals surface area contributed by atoms with Gasteiger partial charge in [-0.15, -0.1) is 0 Å². The van der Waals surface area contributed by atoms with Gasteiger partial charge in [-0.3, -0.25) is 14.6 Å². The number of carbonyl (C=O) groups is 2. The van der Waals surface area contributed by atoms with Crippen LogP contribution in [0.2, 0.25) is 0 Å². The van der Waals surface area contributed by atoms with Crippen molar-refractivity contribution in [3.8, 4) is 0 Å². The van der Waals surface area contributed by atoms with Gasteiger partial charge >= 0.3 is 0 Å². The van der Waals surface area contributed by atoms with E-state index in [-0.39, 0.29) is 17.9 Å². The van der Waals surface area contributed by atoms with Gasteiger partial charge in [0, 0.05) is 43.5 Å². The highest BCUT2D eigenvalue weighted by atomic mass is 16.2. The van der Waals surface area contributed by atoms with Crippen LogP contribution in [0.3, 0.4) is 0 Å². The van der Waals surface area contributed by atoms with Crippen LogP contribution in [0.4, 0.5) is 0 Å². The van der Waals surface area contributed by atoms with E-state index in [9.17, 15) is 9.59 Å². The van der Waals surface area contributed by atoms with E-state index in [4.69, 9.17) is 0 Å². The lowest BCUT2D eigenvalue weighted by Gasteiger charge is -2.32. The zero-order valence-electron chi connectivity index (χ0n) is 15.1. The lowest BCUT2D eigenvalue weighted by molar-refractivity contribution is -0.132. The lowest BCUT2D eigenvalue weighted by atomic mass is 10.0. The zero-order chi connectivity index (χ0) is 18.4. The van der Waals surface area contributed by atoms with Gasteiger partial charge in [-0.25, -0.2) is 0 Å². The average molecular weight is 351 g/mol. The molecule has 1 saturated heterocycles. The molecule has 0 unspecified atom stereocenters. The summed E-state index contributed by atoms with van der Waals surface area (Å²) < 4.78 is 0. The summed E-state index contributed by atoms with van der Waals surface area (Å²) in [6, 6.07) is 11.9. The maximum Gasteiger partial charge on any atom is 0.251 e. The van der Waals surface area contributed by atoms with E-state index in [1.165, 1.54) is 11.1 Å². The van der Waals surface area contributed by atoms with Crippen molar-refractivity contribution in [2.24, 2.45) is 0 Å². The number of hydrogen-bond acceptors (Lipinski definition) is 3. The molecule has 0 aliphatic carbocycles. The Labute approximate surface area is 154 Å². The molecule has 1 aromatic heterocycles. The Morgan fingerprint density at radius 1 is 1.08 bits per heavy atom. The molecule has 2 heterocycles. The Kier molecular flexibility index (Phi) is 6.00. The Morgan fingerprint density at radius 2 is 1.73 bits per heavy atom. The van der Waals surface area contributed by atoms with Gasteiger partial charge in [-0.05, 0) is 43.9 Å². The van der Waals surface area contributed by atoms with Crippen molar-refractivity contribution in [1.29, 1.82) is 0 Å². The number of nitrogens with one attached hydrogen (secondary N) is 1. The molecule has 5 heteroatoms. The fraction of sp³-hybridized carbons (Fsp3) is 0.381. The van der Waals surface area contributed by atoms with E-state index in [2.05, 4.69) is 41.5 Å². The molecule has 1 N–H and O–H groups in total. The first kappa shape index (κ1) is 18.1. The number of nitrogens with zero attached hydrogens (tertiary/aromatic N) is 2. The smallest absolute Gasteiger partial charge is 0.251 e. The van der Waals surface area contributed by atoms with Crippen LogP contribution >= 0.6 is 0 Å². The summed E-state index contributed by atoms with van der Waals surface area (Å²) in [6.45, 7) is 3.47. The van der Waals surface area contributed by atoms with Crippen molar-refractivity contribution < 1.29 is 9.59 Å². The Bertz CT molecular complexity index is 736. The number of aromatic nitrogens is 1. The molecule has 2 amide bonds. The number of hydrogen-bond donors (Lipinski definition) is 1. The van der Waals surface area contributed by atoms with Crippen LogP contribution in [0.15, 0.2) is 48.8 Å². The molecule has 1 aromatic carbocycles. The summed E-state index contributed by atoms with van der Waals surface area (Å²) in [6.07, 6.45) is 6.14. The van der Waals surface area contributed by atoms with E-state index >= 15 is 0 Å². The molecule has 2 aromatic rings. The van der Waals surface area contributed by atoms with E-state index in [1.807, 2.05) is 4.90 Å². The standard InChI is InChI=1S/C21H25N3O2/c1-16-2-4-17(5-3-16)6-7-20(25)24-14-10-19(11-15-24)23-21(26)18-8-12-22-13-9-18/h2-5,8-9,12-13,19H,6-7,10-11,14-15H2,1H3,(H,23,26). The third kappa shape index (κ3) is 4.91. The first-order chi connectivity index (χ1) is 12.6. The fourth-order valence-corrected chi connectivity index (χ4v) is 3.21. The van der Waals surface area contributed by atoms with E-state index < -0.39 is 0 Å². The number of benzene rings is 1. The topological polar surface area (TPSA) is 62.3 Å². The fourth-order valence-electron chi connectivity index (χ4n) is 3.21. The molecule has 0 bridgehead atoms. The molecule has 0 atom stereocenters. The van der Waals surface area contributed by atoms with E-state index in [1.54, 1.807) is 24.5 Å². The SMILES string of the molecule is Cc1ccc(CCC(=O)N2CCC(NC(=O)c3ccncc3)CC2)cc1. The largest absolute Gasteiger partial charge is 0.349 e. The van der Waals surface area contributed by atoms with Gasteiger partial charge in [-0.1, -0.05) is 29.8 Å². The average Bonchev–Trinajstić information content (AvgIpc) is 2.68. The monoisotopic (exact) mass is 351 g/mol. The van der Waals surface area contributed by atoms with E-state index in [0.717, 1.165) is 19.3 Å². The number of piperidine rings is 1. The Balaban J connectivity index is 1.42. The van der Waals surface area contributed by atoms with Gasteiger partial charge in [0.25, 0.3) is 5.91 Å². The number of rotatable bonds is 5. The van der Waals surface area contributed by atoms with Crippen molar-refractivity contribution in [2.75, 3.05) is 13.1 Å². The predicted octanol–water partition coefficient (Wildman–Crippen LogP) is 2.74. The maximum atomic E-state index is 12.4. The van der Waals surface area contributed by atoms with Crippen molar-refractivity contribution in [3.63, 3.8) is 0 Å². The van der Waals surface area contributed by atoms with Crippen LogP contribution in [-0.2, 0) is 11.2 Å². The van der Waals surface area contributed by atoms with Gasteiger partial charge in [-0.2, -0.15) is 0 Å². The Morgan fingerprint density at radius 3 is 2.38 bits per heavy atom. The van der Waals surface area contributed by atoms with E-state index in [0.29, 0.717) is 25.1 Å². The van der Waals surface area contributed by atoms with Crippen LogP contribution in [0.1, 0.15) is 40.7 Å². The highest BCUT2D eigenvalue weighted by Gasteiger charge is 2.23. The normalized spacial score (nSPS) is 14.9. The number of amides is 2. The first-order valence-electron chi connectivity index (χ1n) is 9.16. The molecule has 1 fully saturated rings. The molecular weight excluding hydrogens is 326 g/mol. The van der Waals surface area contributed by atoms with Crippen LogP contribution in [0.5, 0.6) is 0 Å². The number of carbonyl (C=O) groups excluding carboxylic acids is 2. The third-order valence-electron chi connectivity index (χ3n) is 4.87. The van der Waals surface area contributed by atoms with Crippen molar-refractivity contribution in [2.45, 2.75) is 38.6 Å². The van der Waals surface area contributed by atoms with Gasteiger partial charge < -0.3 is 10.2 Å². The molecular formula is C21H25N3O2. The van der Waals surface area contributed by atoms with Gasteiger partial charge in [0.2, 0.25) is 5.91 Å². The summed E-state index contributed by atoms with van der Waals surface area (Å²) in [5.41, 5.74) is 3.05. The van der Waals surface area contributed by atoms with Crippen LogP contribution in [0.25, 0.3) is 0 Å². The van der Waals surface area contributed by atoms with Crippen LogP contribution in [0, 0.1) is 6.92 Å². The highest BCUT2D eigenvalue weighted by molar-refractivity contribution is 5.94. The first-order valence-corrected chi connectivity index (χ1v) is 9.16. The summed E-state index contributed by atoms with van der Waals surface area (Å²) >= 11 is 0. The number of pyridine rings is 1. The molecule has 136 valence electrons. The minimum Gasteiger partial charge on any atom is -0.349 e. The predicted molar refractivity (Wildman–Crippen MR) is 101 cm³/mol. The molecule has 0 spiro atoms. The molecule has 1 aliphatic rings. The van der Waals surface area contributed by atoms with Crippen molar-refractivity contribution >= 4 is 11.8 Å². The van der Waals surface area contributed by atoms with Crippen molar-refractivity contribution in [1.82, 2.24) is 15.2 Å². The van der Waals surface area contributed by atoms with Gasteiger partial charge in [0.15, 0.2) is 0 Å². The van der Waals surface area contributed by atoms with Gasteiger partial charge in [0.05, 0.1) is 0 Å². The molecule has 26 heavy (non-hydrogen) atoms.